The molecule has 0 unspecified atom stereocenters. The van der Waals surface area contributed by atoms with Crippen molar-refractivity contribution >= 4 is 10.2 Å². The van der Waals surface area contributed by atoms with Crippen LogP contribution in [0, 0.1) is 0 Å². The largest absolute Gasteiger partial charge is 0.288 e. The van der Waals surface area contributed by atoms with E-state index in [4.69, 9.17) is 0 Å². The van der Waals surface area contributed by atoms with E-state index in [2.05, 4.69) is 47.7 Å². The Morgan fingerprint density at radius 2 is 1.00 bits per heavy atom. The molecule has 0 aromatic heterocycles. The summed E-state index contributed by atoms with van der Waals surface area (Å²) < 4.78 is 0. The first-order chi connectivity index (χ1) is 8.24. The molecule has 0 aliphatic carbocycles. The summed E-state index contributed by atoms with van der Waals surface area (Å²) in [6, 6.07) is 1.06. The van der Waals surface area contributed by atoms with Crippen LogP contribution in [0.1, 0.15) is 53.4 Å². The molecule has 3 radical (unpaired) electrons. The molecule has 0 atom stereocenters. The molecular weight excluding hydrogens is 224 g/mol. The summed E-state index contributed by atoms with van der Waals surface area (Å²) in [5.41, 5.74) is 0. The number of nitrogens with zero attached hydrogens (tertiary/aromatic N) is 2. The zero-order valence-electron chi connectivity index (χ0n) is 12.3. The van der Waals surface area contributed by atoms with Crippen molar-refractivity contribution in [2.75, 3.05) is 26.2 Å². The predicted molar refractivity (Wildman–Crippen MR) is 78.7 cm³/mol. The summed E-state index contributed by atoms with van der Waals surface area (Å²) in [7, 11) is 3.76. The Balaban J connectivity index is 4.55. The molecule has 0 heterocycles. The number of hydrogen-bond donors (Lipinski definition) is 0. The molecule has 101 valence electrons. The van der Waals surface area contributed by atoms with Crippen molar-refractivity contribution in [2.45, 2.75) is 65.6 Å². The van der Waals surface area contributed by atoms with Gasteiger partial charge in [0, 0.05) is 10.2 Å². The van der Waals surface area contributed by atoms with Crippen LogP contribution in [0.15, 0.2) is 0 Å². The first-order valence-corrected chi connectivity index (χ1v) is 8.08. The molecule has 0 fully saturated rings. The molecule has 17 heavy (non-hydrogen) atoms. The lowest BCUT2D eigenvalue weighted by atomic mass is 10.2. The lowest BCUT2D eigenvalue weighted by molar-refractivity contribution is 0.0547. The zero-order valence-corrected chi connectivity index (χ0v) is 13.3. The van der Waals surface area contributed by atoms with Crippen LogP contribution in [0.25, 0.3) is 0 Å². The Kier molecular flexibility index (Phi) is 11.3. The summed E-state index contributed by atoms with van der Waals surface area (Å²) in [6.45, 7) is 14.0. The van der Waals surface area contributed by atoms with Crippen molar-refractivity contribution in [3.63, 3.8) is 0 Å². The van der Waals surface area contributed by atoms with Crippen LogP contribution in [0.2, 0.25) is 6.04 Å². The molecule has 0 N–H and O–H groups in total. The van der Waals surface area contributed by atoms with Crippen molar-refractivity contribution in [3.05, 3.63) is 0 Å². The van der Waals surface area contributed by atoms with Crippen molar-refractivity contribution in [2.24, 2.45) is 0 Å². The fourth-order valence-corrected chi connectivity index (χ4v) is 2.97. The second kappa shape index (κ2) is 11.2. The highest BCUT2D eigenvalue weighted by molar-refractivity contribution is 6.08. The van der Waals surface area contributed by atoms with Crippen LogP contribution in [-0.2, 0) is 0 Å². The third-order valence-corrected chi connectivity index (χ3v) is 3.43. The molecule has 0 bridgehead atoms. The highest BCUT2D eigenvalue weighted by Gasteiger charge is 2.21. The zero-order chi connectivity index (χ0) is 13.1. The van der Waals surface area contributed by atoms with E-state index >= 15 is 0 Å². The number of hydrogen-bond acceptors (Lipinski definition) is 2. The van der Waals surface area contributed by atoms with Gasteiger partial charge in [-0.25, -0.2) is 0 Å². The molecule has 0 aromatic rings. The average Bonchev–Trinajstić information content (AvgIpc) is 2.31. The van der Waals surface area contributed by atoms with E-state index in [1.54, 1.807) is 0 Å². The molecule has 0 aliphatic heterocycles. The molecule has 2 nitrogen and oxygen atoms in total. The Bertz CT molecular complexity index is 136. The Morgan fingerprint density at radius 1 is 0.706 bits per heavy atom. The molecule has 0 rings (SSSR count). The summed E-state index contributed by atoms with van der Waals surface area (Å²) >= 11 is 0. The minimum atomic E-state index is 0.575. The molecule has 3 heteroatoms. The average molecular weight is 256 g/mol. The normalized spacial score (nSPS) is 12.0. The van der Waals surface area contributed by atoms with Gasteiger partial charge < -0.3 is 0 Å². The first kappa shape index (κ1) is 17.1. The SMILES string of the molecule is CCCN(CCC)C(C[Si])N(CCC)CCC. The second-order valence-electron chi connectivity index (χ2n) is 4.76. The monoisotopic (exact) mass is 255 g/mol. The van der Waals surface area contributed by atoms with Crippen LogP contribution >= 0.6 is 0 Å². The third-order valence-electron chi connectivity index (χ3n) is 3.07. The van der Waals surface area contributed by atoms with Gasteiger partial charge in [-0.15, -0.1) is 0 Å². The van der Waals surface area contributed by atoms with E-state index in [1.165, 1.54) is 51.9 Å². The van der Waals surface area contributed by atoms with Gasteiger partial charge in [-0.05, 0) is 57.9 Å². The van der Waals surface area contributed by atoms with Gasteiger partial charge in [-0.2, -0.15) is 0 Å². The van der Waals surface area contributed by atoms with Gasteiger partial charge in [-0.3, -0.25) is 9.80 Å². The van der Waals surface area contributed by atoms with Gasteiger partial charge in [0.05, 0.1) is 6.17 Å². The van der Waals surface area contributed by atoms with Crippen LogP contribution in [0.4, 0.5) is 0 Å². The van der Waals surface area contributed by atoms with Gasteiger partial charge in [0.2, 0.25) is 0 Å². The topological polar surface area (TPSA) is 6.48 Å². The highest BCUT2D eigenvalue weighted by Crippen LogP contribution is 2.12. The number of rotatable bonds is 11. The summed E-state index contributed by atoms with van der Waals surface area (Å²) in [6.07, 6.45) is 5.55. The lowest BCUT2D eigenvalue weighted by Crippen LogP contribution is -2.49. The fraction of sp³-hybridized carbons (Fsp3) is 1.00. The molecule has 0 saturated heterocycles. The van der Waals surface area contributed by atoms with E-state index in [-0.39, 0.29) is 0 Å². The van der Waals surface area contributed by atoms with Crippen LogP contribution in [-0.4, -0.2) is 52.4 Å². The van der Waals surface area contributed by atoms with Gasteiger partial charge in [0.1, 0.15) is 0 Å². The summed E-state index contributed by atoms with van der Waals surface area (Å²) in [5, 5.41) is 0. The minimum Gasteiger partial charge on any atom is -0.288 e. The molecule has 0 aromatic carbocycles. The van der Waals surface area contributed by atoms with E-state index in [1.807, 2.05) is 0 Å². The second-order valence-corrected chi connectivity index (χ2v) is 5.16. The maximum absolute atomic E-state index is 3.76. The van der Waals surface area contributed by atoms with Gasteiger partial charge in [0.15, 0.2) is 0 Å². The van der Waals surface area contributed by atoms with Gasteiger partial charge >= 0.3 is 0 Å². The van der Waals surface area contributed by atoms with Crippen LogP contribution in [0.3, 0.4) is 0 Å². The predicted octanol–water partition coefficient (Wildman–Crippen LogP) is 3.14. The quantitative estimate of drug-likeness (QED) is 0.413. The smallest absolute Gasteiger partial charge is 0.0591 e. The molecular formula is C14H31N2Si. The van der Waals surface area contributed by atoms with E-state index in [0.29, 0.717) is 6.17 Å². The van der Waals surface area contributed by atoms with Gasteiger partial charge in [-0.1, -0.05) is 27.7 Å². The van der Waals surface area contributed by atoms with Crippen LogP contribution in [0.5, 0.6) is 0 Å². The molecule has 0 spiro atoms. The van der Waals surface area contributed by atoms with Gasteiger partial charge in [0.25, 0.3) is 0 Å². The van der Waals surface area contributed by atoms with Crippen molar-refractivity contribution < 1.29 is 0 Å². The molecule has 0 amide bonds. The van der Waals surface area contributed by atoms with E-state index < -0.39 is 0 Å². The molecule has 0 saturated carbocycles. The standard InChI is InChI=1S/C14H31N2Si/c1-5-9-15(10-6-2)14(13-17)16(11-7-3)12-8-4/h14H,5-13H2,1-4H3. The summed E-state index contributed by atoms with van der Waals surface area (Å²) in [4.78, 5) is 5.27. The Hall–Kier alpha value is 0.137. The van der Waals surface area contributed by atoms with E-state index in [0.717, 1.165) is 6.04 Å². The van der Waals surface area contributed by atoms with Crippen molar-refractivity contribution in [3.8, 4) is 0 Å². The Labute approximate surface area is 112 Å². The van der Waals surface area contributed by atoms with Crippen molar-refractivity contribution in [1.29, 1.82) is 0 Å². The minimum absolute atomic E-state index is 0.575. The fourth-order valence-electron chi connectivity index (χ4n) is 2.46. The lowest BCUT2D eigenvalue weighted by Gasteiger charge is -2.39. The third kappa shape index (κ3) is 6.58. The maximum atomic E-state index is 3.76. The van der Waals surface area contributed by atoms with Crippen molar-refractivity contribution in [1.82, 2.24) is 9.80 Å². The molecule has 0 aliphatic rings. The van der Waals surface area contributed by atoms with Crippen LogP contribution < -0.4 is 0 Å². The Morgan fingerprint density at radius 3 is 1.18 bits per heavy atom. The maximum Gasteiger partial charge on any atom is 0.0591 e. The van der Waals surface area contributed by atoms with E-state index in [9.17, 15) is 0 Å². The highest BCUT2D eigenvalue weighted by atomic mass is 28.1. The first-order valence-electron chi connectivity index (χ1n) is 7.37. The summed E-state index contributed by atoms with van der Waals surface area (Å²) in [5.74, 6) is 0.